The standard InChI is InChI=1S/C13H16N2O5/c1-8(7-12(18)19)6-11(17)14-15-13(20)9-2-4-10(16)5-3-9/h2-5,8,16H,6-7H2,1H3,(H,14,17)(H,15,20)(H,18,19)/p-1/t8-/m0/s1. The van der Waals surface area contributed by atoms with Gasteiger partial charge in [0.2, 0.25) is 5.91 Å². The molecular formula is C13H15N2O5-. The summed E-state index contributed by atoms with van der Waals surface area (Å²) in [6, 6.07) is 5.49. The second-order valence-corrected chi connectivity index (χ2v) is 4.43. The first kappa shape index (κ1) is 15.5. The number of carbonyl (C=O) groups excluding carboxylic acids is 3. The van der Waals surface area contributed by atoms with Crippen molar-refractivity contribution < 1.29 is 24.6 Å². The van der Waals surface area contributed by atoms with E-state index in [0.29, 0.717) is 0 Å². The van der Waals surface area contributed by atoms with Crippen molar-refractivity contribution in [3.8, 4) is 5.75 Å². The summed E-state index contributed by atoms with van der Waals surface area (Å²) < 4.78 is 0. The average Bonchev–Trinajstić information content (AvgIpc) is 2.35. The van der Waals surface area contributed by atoms with Crippen molar-refractivity contribution in [1.82, 2.24) is 10.9 Å². The van der Waals surface area contributed by atoms with Gasteiger partial charge in [0.15, 0.2) is 0 Å². The molecule has 0 unspecified atom stereocenters. The van der Waals surface area contributed by atoms with E-state index in [-0.39, 0.29) is 30.1 Å². The number of amides is 2. The van der Waals surface area contributed by atoms with E-state index in [4.69, 9.17) is 5.11 Å². The summed E-state index contributed by atoms with van der Waals surface area (Å²) in [6.07, 6.45) is -0.261. The van der Waals surface area contributed by atoms with Gasteiger partial charge in [0.05, 0.1) is 0 Å². The summed E-state index contributed by atoms with van der Waals surface area (Å²) in [5.41, 5.74) is 4.65. The first-order chi connectivity index (χ1) is 9.38. The zero-order chi connectivity index (χ0) is 15.1. The smallest absolute Gasteiger partial charge is 0.269 e. The maximum Gasteiger partial charge on any atom is 0.269 e. The minimum atomic E-state index is -1.22. The highest BCUT2D eigenvalue weighted by molar-refractivity contribution is 5.95. The largest absolute Gasteiger partial charge is 0.550 e. The summed E-state index contributed by atoms with van der Waals surface area (Å²) in [5, 5.41) is 19.4. The number of rotatable bonds is 5. The Morgan fingerprint density at radius 2 is 1.75 bits per heavy atom. The van der Waals surface area contributed by atoms with Crippen LogP contribution in [-0.2, 0) is 9.59 Å². The van der Waals surface area contributed by atoms with Gasteiger partial charge in [-0.2, -0.15) is 0 Å². The molecule has 3 N–H and O–H groups in total. The number of aliphatic carboxylic acids is 1. The molecule has 7 heteroatoms. The van der Waals surface area contributed by atoms with E-state index in [9.17, 15) is 19.5 Å². The fraction of sp³-hybridized carbons (Fsp3) is 0.308. The molecule has 0 aliphatic carbocycles. The van der Waals surface area contributed by atoms with Gasteiger partial charge in [-0.25, -0.2) is 0 Å². The Bertz CT molecular complexity index is 498. The van der Waals surface area contributed by atoms with Crippen LogP contribution in [0.1, 0.15) is 30.1 Å². The Hall–Kier alpha value is -2.57. The Morgan fingerprint density at radius 3 is 2.30 bits per heavy atom. The zero-order valence-electron chi connectivity index (χ0n) is 10.9. The third-order valence-electron chi connectivity index (χ3n) is 2.49. The first-order valence-corrected chi connectivity index (χ1v) is 5.96. The predicted octanol–water partition coefficient (Wildman–Crippen LogP) is -0.681. The van der Waals surface area contributed by atoms with E-state index in [2.05, 4.69) is 10.9 Å². The van der Waals surface area contributed by atoms with Crippen LogP contribution >= 0.6 is 0 Å². The second kappa shape index (κ2) is 7.13. The molecular weight excluding hydrogens is 264 g/mol. The molecule has 0 saturated heterocycles. The molecule has 1 rings (SSSR count). The monoisotopic (exact) mass is 279 g/mol. The second-order valence-electron chi connectivity index (χ2n) is 4.43. The average molecular weight is 279 g/mol. The molecule has 1 atom stereocenters. The zero-order valence-corrected chi connectivity index (χ0v) is 10.9. The van der Waals surface area contributed by atoms with Crippen LogP contribution < -0.4 is 16.0 Å². The number of carbonyl (C=O) groups is 3. The van der Waals surface area contributed by atoms with E-state index in [1.807, 2.05) is 0 Å². The maximum absolute atomic E-state index is 11.6. The van der Waals surface area contributed by atoms with Gasteiger partial charge >= 0.3 is 0 Å². The number of nitrogens with one attached hydrogen (secondary N) is 2. The van der Waals surface area contributed by atoms with Crippen molar-refractivity contribution in [2.75, 3.05) is 0 Å². The molecule has 0 fully saturated rings. The van der Waals surface area contributed by atoms with Crippen LogP contribution in [-0.4, -0.2) is 22.9 Å². The minimum absolute atomic E-state index is 0.0293. The fourth-order valence-corrected chi connectivity index (χ4v) is 1.54. The number of phenolic OH excluding ortho intramolecular Hbond substituents is 1. The van der Waals surface area contributed by atoms with Gasteiger partial charge in [-0.05, 0) is 36.6 Å². The maximum atomic E-state index is 11.6. The van der Waals surface area contributed by atoms with Gasteiger partial charge < -0.3 is 15.0 Å². The number of hydrogen-bond donors (Lipinski definition) is 3. The lowest BCUT2D eigenvalue weighted by atomic mass is 10.0. The molecule has 0 aliphatic heterocycles. The molecule has 1 aromatic carbocycles. The lowest BCUT2D eigenvalue weighted by Gasteiger charge is -2.12. The Kier molecular flexibility index (Phi) is 5.52. The van der Waals surface area contributed by atoms with Crippen molar-refractivity contribution in [1.29, 1.82) is 0 Å². The van der Waals surface area contributed by atoms with Crippen LogP contribution in [0.5, 0.6) is 5.75 Å². The van der Waals surface area contributed by atoms with Crippen LogP contribution in [0.4, 0.5) is 0 Å². The Labute approximate surface area is 115 Å². The van der Waals surface area contributed by atoms with Crippen molar-refractivity contribution >= 4 is 17.8 Å². The third-order valence-corrected chi connectivity index (χ3v) is 2.49. The number of aromatic hydroxyl groups is 1. The highest BCUT2D eigenvalue weighted by Gasteiger charge is 2.11. The molecule has 0 radical (unpaired) electrons. The highest BCUT2D eigenvalue weighted by atomic mass is 16.4. The van der Waals surface area contributed by atoms with Crippen LogP contribution in [0.2, 0.25) is 0 Å². The molecule has 1 aromatic rings. The Morgan fingerprint density at radius 1 is 1.15 bits per heavy atom. The van der Waals surface area contributed by atoms with E-state index in [0.717, 1.165) is 0 Å². The fourth-order valence-electron chi connectivity index (χ4n) is 1.54. The summed E-state index contributed by atoms with van der Waals surface area (Å²) in [4.78, 5) is 33.4. The van der Waals surface area contributed by atoms with Crippen molar-refractivity contribution in [2.24, 2.45) is 5.92 Å². The first-order valence-electron chi connectivity index (χ1n) is 5.96. The summed E-state index contributed by atoms with van der Waals surface area (Å²) in [7, 11) is 0. The number of phenols is 1. The van der Waals surface area contributed by atoms with Gasteiger partial charge in [-0.3, -0.25) is 20.4 Å². The van der Waals surface area contributed by atoms with Gasteiger partial charge in [0.25, 0.3) is 5.91 Å². The molecule has 20 heavy (non-hydrogen) atoms. The summed E-state index contributed by atoms with van der Waals surface area (Å²) in [6.45, 7) is 1.59. The van der Waals surface area contributed by atoms with Crippen LogP contribution in [0.25, 0.3) is 0 Å². The molecule has 0 spiro atoms. The number of hydrazine groups is 1. The summed E-state index contributed by atoms with van der Waals surface area (Å²) in [5.74, 6) is -2.61. The molecule has 2 amide bonds. The van der Waals surface area contributed by atoms with E-state index in [1.165, 1.54) is 24.3 Å². The molecule has 0 heterocycles. The SMILES string of the molecule is C[C@H](CC(=O)[O-])CC(=O)NNC(=O)c1ccc(O)cc1. The van der Waals surface area contributed by atoms with Crippen molar-refractivity contribution in [3.05, 3.63) is 29.8 Å². The molecule has 0 aliphatic rings. The molecule has 0 saturated carbocycles. The quantitative estimate of drug-likeness (QED) is 0.617. The summed E-state index contributed by atoms with van der Waals surface area (Å²) >= 11 is 0. The minimum Gasteiger partial charge on any atom is -0.550 e. The number of carboxylic acid groups (broad SMARTS) is 1. The van der Waals surface area contributed by atoms with Crippen molar-refractivity contribution in [3.63, 3.8) is 0 Å². The van der Waals surface area contributed by atoms with Crippen LogP contribution in [0, 0.1) is 5.92 Å². The lowest BCUT2D eigenvalue weighted by Crippen LogP contribution is -2.42. The predicted molar refractivity (Wildman–Crippen MR) is 67.1 cm³/mol. The molecule has 108 valence electrons. The Balaban J connectivity index is 2.39. The van der Waals surface area contributed by atoms with Crippen LogP contribution in [0.15, 0.2) is 24.3 Å². The van der Waals surface area contributed by atoms with E-state index in [1.54, 1.807) is 6.92 Å². The van der Waals surface area contributed by atoms with Gasteiger partial charge in [0, 0.05) is 18.0 Å². The number of carboxylic acids is 1. The highest BCUT2D eigenvalue weighted by Crippen LogP contribution is 2.09. The molecule has 0 aromatic heterocycles. The number of benzene rings is 1. The van der Waals surface area contributed by atoms with E-state index >= 15 is 0 Å². The van der Waals surface area contributed by atoms with Crippen molar-refractivity contribution in [2.45, 2.75) is 19.8 Å². The van der Waals surface area contributed by atoms with E-state index < -0.39 is 17.8 Å². The molecule has 0 bridgehead atoms. The van der Waals surface area contributed by atoms with Gasteiger partial charge in [0.1, 0.15) is 5.75 Å². The lowest BCUT2D eigenvalue weighted by molar-refractivity contribution is -0.306. The van der Waals surface area contributed by atoms with Gasteiger partial charge in [-0.1, -0.05) is 6.92 Å². The van der Waals surface area contributed by atoms with Gasteiger partial charge in [-0.15, -0.1) is 0 Å². The third kappa shape index (κ3) is 5.38. The topological polar surface area (TPSA) is 119 Å². The normalized spacial score (nSPS) is 11.4. The van der Waals surface area contributed by atoms with Crippen LogP contribution in [0.3, 0.4) is 0 Å². The number of hydrogen-bond acceptors (Lipinski definition) is 5. The molecule has 7 nitrogen and oxygen atoms in total.